The highest BCUT2D eigenvalue weighted by Gasteiger charge is 2.21. The molecule has 10 nitrogen and oxygen atoms in total. The summed E-state index contributed by atoms with van der Waals surface area (Å²) in [4.78, 5) is 35.8. The van der Waals surface area contributed by atoms with Crippen molar-refractivity contribution in [2.75, 3.05) is 10.6 Å². The molecule has 1 aromatic carbocycles. The molecule has 0 radical (unpaired) electrons. The first-order valence-corrected chi connectivity index (χ1v) is 8.93. The van der Waals surface area contributed by atoms with Crippen molar-refractivity contribution in [3.8, 4) is 5.69 Å². The highest BCUT2D eigenvalue weighted by molar-refractivity contribution is 5.96. The standard InChI is InChI=1S/C19H22N8O2/c1-11(2)15(17(20)28)25-14-9-23-16(18(21)29)19(26-14)24-12-3-5-13(6-4-12)27-8-7-22-10-27/h3-11,15H,1-2H3,(H2,20,28)(H2,21,29)(H2,24,25,26). The quantitative estimate of drug-likeness (QED) is 0.450. The predicted octanol–water partition coefficient (Wildman–Crippen LogP) is 1.43. The van der Waals surface area contributed by atoms with Gasteiger partial charge in [-0.05, 0) is 30.2 Å². The normalized spacial score (nSPS) is 11.8. The highest BCUT2D eigenvalue weighted by atomic mass is 16.1. The first kappa shape index (κ1) is 19.8. The van der Waals surface area contributed by atoms with Crippen LogP contribution in [-0.2, 0) is 4.79 Å². The molecule has 0 saturated heterocycles. The van der Waals surface area contributed by atoms with E-state index in [1.54, 1.807) is 12.5 Å². The Morgan fingerprint density at radius 1 is 1.14 bits per heavy atom. The summed E-state index contributed by atoms with van der Waals surface area (Å²) in [5, 5.41) is 5.99. The van der Waals surface area contributed by atoms with Crippen molar-refractivity contribution in [3.05, 3.63) is 54.9 Å². The molecule has 0 aliphatic heterocycles. The number of benzene rings is 1. The van der Waals surface area contributed by atoms with Gasteiger partial charge in [0.1, 0.15) is 11.9 Å². The second kappa shape index (κ2) is 8.38. The second-order valence-corrected chi connectivity index (χ2v) is 6.73. The zero-order valence-electron chi connectivity index (χ0n) is 16.0. The van der Waals surface area contributed by atoms with Crippen LogP contribution in [0.15, 0.2) is 49.2 Å². The smallest absolute Gasteiger partial charge is 0.271 e. The summed E-state index contributed by atoms with van der Waals surface area (Å²) < 4.78 is 1.86. The lowest BCUT2D eigenvalue weighted by Gasteiger charge is -2.20. The second-order valence-electron chi connectivity index (χ2n) is 6.73. The van der Waals surface area contributed by atoms with Gasteiger partial charge in [0.2, 0.25) is 5.91 Å². The summed E-state index contributed by atoms with van der Waals surface area (Å²) >= 11 is 0. The number of nitrogens with two attached hydrogens (primary N) is 2. The zero-order valence-corrected chi connectivity index (χ0v) is 16.0. The van der Waals surface area contributed by atoms with Crippen molar-refractivity contribution in [2.24, 2.45) is 17.4 Å². The van der Waals surface area contributed by atoms with Crippen molar-refractivity contribution in [1.29, 1.82) is 0 Å². The SMILES string of the molecule is CC(C)C(Nc1cnc(C(N)=O)c(Nc2ccc(-n3ccnc3)cc2)n1)C(N)=O. The van der Waals surface area contributed by atoms with Gasteiger partial charge in [0, 0.05) is 23.8 Å². The molecule has 0 bridgehead atoms. The molecule has 150 valence electrons. The number of aromatic nitrogens is 4. The summed E-state index contributed by atoms with van der Waals surface area (Å²) in [6.45, 7) is 3.71. The van der Waals surface area contributed by atoms with Gasteiger partial charge in [-0.15, -0.1) is 0 Å². The average molecular weight is 394 g/mol. The Morgan fingerprint density at radius 3 is 2.41 bits per heavy atom. The third kappa shape index (κ3) is 4.67. The van der Waals surface area contributed by atoms with E-state index in [9.17, 15) is 9.59 Å². The Morgan fingerprint density at radius 2 is 1.86 bits per heavy atom. The summed E-state index contributed by atoms with van der Waals surface area (Å²) in [7, 11) is 0. The molecule has 3 aromatic rings. The van der Waals surface area contributed by atoms with Crippen LogP contribution in [0.4, 0.5) is 17.3 Å². The van der Waals surface area contributed by atoms with Crippen molar-refractivity contribution in [3.63, 3.8) is 0 Å². The monoisotopic (exact) mass is 394 g/mol. The number of carbonyl (C=O) groups excluding carboxylic acids is 2. The van der Waals surface area contributed by atoms with E-state index in [4.69, 9.17) is 11.5 Å². The van der Waals surface area contributed by atoms with Gasteiger partial charge >= 0.3 is 0 Å². The van der Waals surface area contributed by atoms with E-state index in [1.807, 2.05) is 48.9 Å². The van der Waals surface area contributed by atoms with Crippen molar-refractivity contribution >= 4 is 29.1 Å². The lowest BCUT2D eigenvalue weighted by Crippen LogP contribution is -2.39. The fourth-order valence-electron chi connectivity index (χ4n) is 2.72. The summed E-state index contributed by atoms with van der Waals surface area (Å²) in [5.41, 5.74) is 12.4. The molecular weight excluding hydrogens is 372 g/mol. The van der Waals surface area contributed by atoms with E-state index in [0.717, 1.165) is 5.69 Å². The van der Waals surface area contributed by atoms with E-state index < -0.39 is 17.9 Å². The molecule has 0 aliphatic rings. The molecule has 0 spiro atoms. The number of amides is 2. The number of nitrogens with zero attached hydrogens (tertiary/aromatic N) is 4. The third-order valence-electron chi connectivity index (χ3n) is 4.22. The zero-order chi connectivity index (χ0) is 21.0. The van der Waals surface area contributed by atoms with Crippen LogP contribution < -0.4 is 22.1 Å². The molecular formula is C19H22N8O2. The first-order valence-electron chi connectivity index (χ1n) is 8.93. The lowest BCUT2D eigenvalue weighted by molar-refractivity contribution is -0.119. The maximum absolute atomic E-state index is 11.7. The number of hydrogen-bond acceptors (Lipinski definition) is 7. The van der Waals surface area contributed by atoms with Gasteiger partial charge in [-0.2, -0.15) is 0 Å². The fourth-order valence-corrected chi connectivity index (χ4v) is 2.72. The van der Waals surface area contributed by atoms with E-state index in [1.165, 1.54) is 6.20 Å². The van der Waals surface area contributed by atoms with Gasteiger partial charge in [0.15, 0.2) is 11.5 Å². The molecule has 3 rings (SSSR count). The number of imidazole rings is 1. The van der Waals surface area contributed by atoms with Crippen LogP contribution >= 0.6 is 0 Å². The molecule has 0 fully saturated rings. The van der Waals surface area contributed by atoms with Gasteiger partial charge in [0.05, 0.1) is 12.5 Å². The molecule has 0 saturated carbocycles. The maximum Gasteiger partial charge on any atom is 0.271 e. The van der Waals surface area contributed by atoms with Crippen LogP contribution in [0, 0.1) is 5.92 Å². The van der Waals surface area contributed by atoms with Crippen LogP contribution in [-0.4, -0.2) is 37.4 Å². The Bertz CT molecular complexity index is 1000. The van der Waals surface area contributed by atoms with Crippen LogP contribution in [0.25, 0.3) is 5.69 Å². The fraction of sp³-hybridized carbons (Fsp3) is 0.211. The molecule has 2 aromatic heterocycles. The number of rotatable bonds is 8. The maximum atomic E-state index is 11.7. The first-order chi connectivity index (χ1) is 13.8. The van der Waals surface area contributed by atoms with Crippen LogP contribution in [0.2, 0.25) is 0 Å². The molecule has 2 heterocycles. The van der Waals surface area contributed by atoms with E-state index >= 15 is 0 Å². The van der Waals surface area contributed by atoms with E-state index in [0.29, 0.717) is 11.5 Å². The largest absolute Gasteiger partial charge is 0.368 e. The Labute approximate surface area is 167 Å². The van der Waals surface area contributed by atoms with Gasteiger partial charge in [-0.1, -0.05) is 13.8 Å². The highest BCUT2D eigenvalue weighted by Crippen LogP contribution is 2.21. The van der Waals surface area contributed by atoms with Gasteiger partial charge in [-0.25, -0.2) is 15.0 Å². The summed E-state index contributed by atoms with van der Waals surface area (Å²) in [6, 6.07) is 6.77. The number of primary amides is 2. The van der Waals surface area contributed by atoms with Crippen molar-refractivity contribution in [1.82, 2.24) is 19.5 Å². The number of anilines is 3. The summed E-state index contributed by atoms with van der Waals surface area (Å²) in [5.74, 6) is -0.825. The lowest BCUT2D eigenvalue weighted by atomic mass is 10.0. The molecule has 29 heavy (non-hydrogen) atoms. The summed E-state index contributed by atoms with van der Waals surface area (Å²) in [6.07, 6.45) is 6.55. The molecule has 1 unspecified atom stereocenters. The average Bonchev–Trinajstić information content (AvgIpc) is 3.21. The van der Waals surface area contributed by atoms with Crippen LogP contribution in [0.5, 0.6) is 0 Å². The number of hydrogen-bond donors (Lipinski definition) is 4. The van der Waals surface area contributed by atoms with Crippen molar-refractivity contribution < 1.29 is 9.59 Å². The Balaban J connectivity index is 1.86. The molecule has 0 aliphatic carbocycles. The number of carbonyl (C=O) groups is 2. The minimum Gasteiger partial charge on any atom is -0.368 e. The van der Waals surface area contributed by atoms with E-state index in [-0.39, 0.29) is 17.4 Å². The minimum atomic E-state index is -0.725. The van der Waals surface area contributed by atoms with Crippen LogP contribution in [0.3, 0.4) is 0 Å². The van der Waals surface area contributed by atoms with Gasteiger partial charge in [0.25, 0.3) is 5.91 Å². The van der Waals surface area contributed by atoms with E-state index in [2.05, 4.69) is 25.6 Å². The van der Waals surface area contributed by atoms with Crippen LogP contribution in [0.1, 0.15) is 24.3 Å². The Hall–Kier alpha value is -3.95. The Kier molecular flexibility index (Phi) is 5.72. The molecule has 1 atom stereocenters. The predicted molar refractivity (Wildman–Crippen MR) is 109 cm³/mol. The number of nitrogens with one attached hydrogen (secondary N) is 2. The van der Waals surface area contributed by atoms with Gasteiger partial charge < -0.3 is 26.7 Å². The third-order valence-corrected chi connectivity index (χ3v) is 4.22. The minimum absolute atomic E-state index is 0.0191. The topological polar surface area (TPSA) is 154 Å². The molecule has 10 heteroatoms. The van der Waals surface area contributed by atoms with Crippen molar-refractivity contribution in [2.45, 2.75) is 19.9 Å². The molecule has 2 amide bonds. The van der Waals surface area contributed by atoms with Gasteiger partial charge in [-0.3, -0.25) is 9.59 Å². The molecule has 6 N–H and O–H groups in total.